The Hall–Kier alpha value is -1.44. The van der Waals surface area contributed by atoms with Crippen molar-refractivity contribution in [1.29, 1.82) is 0 Å². The zero-order valence-electron chi connectivity index (χ0n) is 13.8. The van der Waals surface area contributed by atoms with E-state index in [4.69, 9.17) is 5.11 Å². The second kappa shape index (κ2) is 7.54. The molecule has 0 rings (SSSR count). The van der Waals surface area contributed by atoms with E-state index in [2.05, 4.69) is 0 Å². The van der Waals surface area contributed by atoms with Crippen LogP contribution in [0.2, 0.25) is 0 Å². The lowest BCUT2D eigenvalue weighted by molar-refractivity contribution is -0.470. The Kier molecular flexibility index (Phi) is 7.20. The molecule has 1 N–H and O–H groups in total. The largest absolute Gasteiger partial charge is 0.423 e. The van der Waals surface area contributed by atoms with Crippen molar-refractivity contribution in [2.75, 3.05) is 0 Å². The van der Waals surface area contributed by atoms with Crippen LogP contribution in [0, 0.1) is 0 Å². The first-order valence-corrected chi connectivity index (χ1v) is 6.83. The van der Waals surface area contributed by atoms with Gasteiger partial charge in [-0.05, 0) is 0 Å². The highest BCUT2D eigenvalue weighted by Crippen LogP contribution is 2.64. The van der Waals surface area contributed by atoms with Crippen molar-refractivity contribution in [3.63, 3.8) is 0 Å². The maximum atomic E-state index is 13.2. The summed E-state index contributed by atoms with van der Waals surface area (Å²) in [4.78, 5) is 0. The molecule has 21 heteroatoms. The highest BCUT2D eigenvalue weighted by molar-refractivity contribution is 5.15. The van der Waals surface area contributed by atoms with E-state index < -0.39 is 66.3 Å². The van der Waals surface area contributed by atoms with Crippen LogP contribution >= 0.6 is 0 Å². The van der Waals surface area contributed by atoms with Gasteiger partial charge in [0.25, 0.3) is 0 Å². The molecule has 0 aromatic carbocycles. The van der Waals surface area contributed by atoms with Gasteiger partial charge in [-0.3, -0.25) is 0 Å². The maximum Gasteiger partial charge on any atom is 0.423 e. The van der Waals surface area contributed by atoms with Gasteiger partial charge in [0.05, 0.1) is 6.42 Å². The zero-order valence-corrected chi connectivity index (χ0v) is 13.8. The van der Waals surface area contributed by atoms with Gasteiger partial charge in [0.15, 0.2) is 6.17 Å². The molecule has 0 spiro atoms. The monoisotopic (exact) mass is 532 g/mol. The molecule has 0 saturated heterocycles. The van der Waals surface area contributed by atoms with Gasteiger partial charge in [0, 0.05) is 0 Å². The van der Waals surface area contributed by atoms with E-state index in [0.29, 0.717) is 0 Å². The minimum atomic E-state index is -8.91. The fraction of sp³-hybridized carbons (Fsp3) is 1.00. The van der Waals surface area contributed by atoms with Crippen LogP contribution in [0.5, 0.6) is 0 Å². The van der Waals surface area contributed by atoms with Gasteiger partial charge in [0.1, 0.15) is 0 Å². The number of aliphatic hydroxyl groups is 1. The second-order valence-electron chi connectivity index (χ2n) is 5.90. The van der Waals surface area contributed by atoms with Gasteiger partial charge in [-0.2, -0.15) is 83.4 Å². The van der Waals surface area contributed by atoms with Crippen LogP contribution < -0.4 is 0 Å². The molecular formula is C11H4F20O. The lowest BCUT2D eigenvalue weighted by Gasteiger charge is -2.43. The van der Waals surface area contributed by atoms with Gasteiger partial charge in [0.2, 0.25) is 0 Å². The molecular weight excluding hydrogens is 528 g/mol. The summed E-state index contributed by atoms with van der Waals surface area (Å²) in [6.07, 6.45) is -23.1. The highest BCUT2D eigenvalue weighted by Gasteiger charge is 2.95. The third-order valence-electron chi connectivity index (χ3n) is 3.57. The molecule has 32 heavy (non-hydrogen) atoms. The van der Waals surface area contributed by atoms with Crippen molar-refractivity contribution in [1.82, 2.24) is 0 Å². The summed E-state index contributed by atoms with van der Waals surface area (Å²) in [6, 6.07) is 0. The molecule has 1 unspecified atom stereocenters. The molecule has 0 aliphatic carbocycles. The van der Waals surface area contributed by atoms with Crippen molar-refractivity contribution in [3.05, 3.63) is 0 Å². The average molecular weight is 532 g/mol. The summed E-state index contributed by atoms with van der Waals surface area (Å²) < 4.78 is 255. The van der Waals surface area contributed by atoms with Gasteiger partial charge in [-0.1, -0.05) is 0 Å². The van der Waals surface area contributed by atoms with Gasteiger partial charge >= 0.3 is 53.7 Å². The van der Waals surface area contributed by atoms with E-state index in [1.165, 1.54) is 0 Å². The molecule has 0 aliphatic rings. The average Bonchev–Trinajstić information content (AvgIpc) is 2.50. The highest BCUT2D eigenvalue weighted by atomic mass is 19.4. The van der Waals surface area contributed by atoms with E-state index in [9.17, 15) is 87.8 Å². The Balaban J connectivity index is 6.72. The summed E-state index contributed by atoms with van der Waals surface area (Å²) in [7, 11) is 0. The summed E-state index contributed by atoms with van der Waals surface area (Å²) in [6.45, 7) is 0. The number of hydrogen-bond acceptors (Lipinski definition) is 1. The molecule has 1 atom stereocenters. The normalized spacial score (nSPS) is 17.5. The van der Waals surface area contributed by atoms with Crippen molar-refractivity contribution in [3.8, 4) is 0 Å². The van der Waals surface area contributed by atoms with Crippen LogP contribution in [-0.4, -0.2) is 65.0 Å². The number of halogens is 20. The summed E-state index contributed by atoms with van der Waals surface area (Å²) in [5, 5.41) is 7.43. The first kappa shape index (κ1) is 30.6. The predicted molar refractivity (Wildman–Crippen MR) is 57.4 cm³/mol. The smallest absolute Gasteiger partial charge is 0.331 e. The van der Waals surface area contributed by atoms with E-state index in [1.807, 2.05) is 0 Å². The van der Waals surface area contributed by atoms with E-state index in [-0.39, 0.29) is 0 Å². The molecule has 0 aromatic heterocycles. The Morgan fingerprint density at radius 1 is 0.438 bits per heavy atom. The first-order chi connectivity index (χ1) is 13.4. The zero-order chi connectivity index (χ0) is 26.8. The van der Waals surface area contributed by atoms with Crippen molar-refractivity contribution < 1.29 is 92.9 Å². The lowest BCUT2D eigenvalue weighted by atomic mass is 9.87. The Bertz CT molecular complexity index is 668. The number of alkyl halides is 20. The Morgan fingerprint density at radius 3 is 0.938 bits per heavy atom. The molecule has 0 bridgehead atoms. The topological polar surface area (TPSA) is 20.2 Å². The minimum absolute atomic E-state index is 3.81. The summed E-state index contributed by atoms with van der Waals surface area (Å²) in [5.74, 6) is -59.5. The summed E-state index contributed by atoms with van der Waals surface area (Å²) in [5.41, 5.74) is 0. The number of rotatable bonds is 9. The minimum Gasteiger partial charge on any atom is -0.331 e. The van der Waals surface area contributed by atoms with Crippen LogP contribution in [0.4, 0.5) is 87.8 Å². The number of hydrogen-bond donors (Lipinski definition) is 1. The van der Waals surface area contributed by atoms with Gasteiger partial charge in [-0.15, -0.1) is 0 Å². The van der Waals surface area contributed by atoms with Crippen LogP contribution in [0.15, 0.2) is 0 Å². The molecule has 194 valence electrons. The third kappa shape index (κ3) is 4.12. The quantitative estimate of drug-likeness (QED) is 0.346. The maximum absolute atomic E-state index is 13.2. The standard InChI is InChI=1S/C11H4F20O/c12-2(1-3(13,14)15)4(16,17)5(18,19)6(20,21)7(22,23)8(24,25)9(26,27)10(28,29)11(30,31)32/h2,32H,1H2. The fourth-order valence-electron chi connectivity index (χ4n) is 1.71. The molecule has 0 aliphatic heterocycles. The van der Waals surface area contributed by atoms with Crippen LogP contribution in [0.25, 0.3) is 0 Å². The molecule has 0 saturated carbocycles. The van der Waals surface area contributed by atoms with Crippen LogP contribution in [0.1, 0.15) is 6.42 Å². The Morgan fingerprint density at radius 2 is 0.688 bits per heavy atom. The first-order valence-electron chi connectivity index (χ1n) is 6.83. The predicted octanol–water partition coefficient (Wildman–Crippen LogP) is 6.31. The van der Waals surface area contributed by atoms with Gasteiger partial charge < -0.3 is 5.11 Å². The van der Waals surface area contributed by atoms with Crippen molar-refractivity contribution >= 4 is 0 Å². The lowest BCUT2D eigenvalue weighted by Crippen LogP contribution is -2.75. The molecule has 0 fully saturated rings. The van der Waals surface area contributed by atoms with E-state index in [0.717, 1.165) is 0 Å². The van der Waals surface area contributed by atoms with Crippen LogP contribution in [0.3, 0.4) is 0 Å². The van der Waals surface area contributed by atoms with Crippen molar-refractivity contribution in [2.45, 2.75) is 66.3 Å². The molecule has 0 amide bonds. The van der Waals surface area contributed by atoms with Crippen molar-refractivity contribution in [2.24, 2.45) is 0 Å². The van der Waals surface area contributed by atoms with E-state index in [1.54, 1.807) is 0 Å². The summed E-state index contributed by atoms with van der Waals surface area (Å²) >= 11 is 0. The third-order valence-corrected chi connectivity index (χ3v) is 3.57. The SMILES string of the molecule is OC(F)(F)C(F)(F)C(F)(F)C(F)(F)C(F)(F)C(F)(F)C(F)(F)C(F)(F)C(F)CC(F)(F)F. The van der Waals surface area contributed by atoms with Crippen LogP contribution in [-0.2, 0) is 0 Å². The molecule has 0 radical (unpaired) electrons. The van der Waals surface area contributed by atoms with Gasteiger partial charge in [-0.25, -0.2) is 4.39 Å². The second-order valence-corrected chi connectivity index (χ2v) is 5.90. The molecule has 1 nitrogen and oxygen atoms in total. The molecule has 0 aromatic rings. The molecule has 0 heterocycles. The van der Waals surface area contributed by atoms with E-state index >= 15 is 0 Å². The Labute approximate surface area is 160 Å². The fourth-order valence-corrected chi connectivity index (χ4v) is 1.71.